The van der Waals surface area contributed by atoms with Crippen molar-refractivity contribution in [2.75, 3.05) is 29.5 Å². The molecule has 17 heavy (non-hydrogen) atoms. The van der Waals surface area contributed by atoms with Gasteiger partial charge in [0.1, 0.15) is 0 Å². The van der Waals surface area contributed by atoms with Gasteiger partial charge in [-0.05, 0) is 13.8 Å². The normalized spacial score (nSPS) is 19.4. The highest BCUT2D eigenvalue weighted by Gasteiger charge is 2.28. The van der Waals surface area contributed by atoms with E-state index in [1.54, 1.807) is 0 Å². The topological polar surface area (TPSA) is 29.3 Å². The molecule has 0 atom stereocenters. The van der Waals surface area contributed by atoms with Crippen LogP contribution in [0.25, 0.3) is 0 Å². The molecular formula is C12H16F2N2S. The summed E-state index contributed by atoms with van der Waals surface area (Å²) < 4.78 is 26.4. The predicted molar refractivity (Wildman–Crippen MR) is 69.5 cm³/mol. The van der Waals surface area contributed by atoms with Crippen molar-refractivity contribution in [3.05, 3.63) is 23.8 Å². The van der Waals surface area contributed by atoms with Gasteiger partial charge >= 0.3 is 0 Å². The monoisotopic (exact) mass is 258 g/mol. The van der Waals surface area contributed by atoms with Crippen LogP contribution in [0.4, 0.5) is 20.2 Å². The number of benzene rings is 1. The maximum atomic E-state index is 13.2. The minimum absolute atomic E-state index is 0.107. The van der Waals surface area contributed by atoms with Crippen LogP contribution in [0.15, 0.2) is 12.1 Å². The molecule has 0 spiro atoms. The van der Waals surface area contributed by atoms with Crippen LogP contribution in [0.1, 0.15) is 13.8 Å². The second-order valence-corrected chi connectivity index (χ2v) is 6.66. The van der Waals surface area contributed by atoms with E-state index in [1.165, 1.54) is 6.07 Å². The summed E-state index contributed by atoms with van der Waals surface area (Å²) in [4.78, 5) is 2.02. The fourth-order valence-corrected chi connectivity index (χ4v) is 3.16. The lowest BCUT2D eigenvalue weighted by Crippen LogP contribution is -2.43. The minimum atomic E-state index is -0.892. The Morgan fingerprint density at radius 2 is 1.94 bits per heavy atom. The second kappa shape index (κ2) is 4.37. The SMILES string of the molecule is CC1(C)CN(c2cc(F)c(F)cc2N)CCS1. The molecule has 1 saturated heterocycles. The summed E-state index contributed by atoms with van der Waals surface area (Å²) in [6.45, 7) is 5.87. The highest BCUT2D eigenvalue weighted by Crippen LogP contribution is 2.35. The third-order valence-electron chi connectivity index (χ3n) is 2.84. The Labute approximate surface area is 104 Å². The standard InChI is InChI=1S/C12H16F2N2S/c1-12(2)7-16(3-4-17-12)11-6-9(14)8(13)5-10(11)15/h5-6H,3-4,7,15H2,1-2H3. The van der Waals surface area contributed by atoms with Gasteiger partial charge in [-0.15, -0.1) is 0 Å². The molecule has 0 saturated carbocycles. The average molecular weight is 258 g/mol. The van der Waals surface area contributed by atoms with E-state index in [9.17, 15) is 8.78 Å². The lowest BCUT2D eigenvalue weighted by Gasteiger charge is -2.39. The van der Waals surface area contributed by atoms with E-state index < -0.39 is 11.6 Å². The molecule has 1 aromatic carbocycles. The molecule has 0 aliphatic carbocycles. The van der Waals surface area contributed by atoms with Crippen LogP contribution in [0, 0.1) is 11.6 Å². The van der Waals surface area contributed by atoms with E-state index in [4.69, 9.17) is 5.73 Å². The highest BCUT2D eigenvalue weighted by molar-refractivity contribution is 8.00. The molecule has 1 aliphatic heterocycles. The van der Waals surface area contributed by atoms with Crippen LogP contribution in [-0.2, 0) is 0 Å². The smallest absolute Gasteiger partial charge is 0.161 e. The summed E-state index contributed by atoms with van der Waals surface area (Å²) in [5, 5.41) is 0. The summed E-state index contributed by atoms with van der Waals surface area (Å²) in [6.07, 6.45) is 0. The summed E-state index contributed by atoms with van der Waals surface area (Å²) >= 11 is 1.88. The van der Waals surface area contributed by atoms with Crippen molar-refractivity contribution in [3.63, 3.8) is 0 Å². The van der Waals surface area contributed by atoms with Gasteiger partial charge in [-0.3, -0.25) is 0 Å². The van der Waals surface area contributed by atoms with Crippen molar-refractivity contribution in [3.8, 4) is 0 Å². The minimum Gasteiger partial charge on any atom is -0.397 e. The fraction of sp³-hybridized carbons (Fsp3) is 0.500. The number of nitrogens with two attached hydrogens (primary N) is 1. The molecule has 1 aliphatic rings. The summed E-state index contributed by atoms with van der Waals surface area (Å²) in [5.41, 5.74) is 6.65. The van der Waals surface area contributed by atoms with Crippen LogP contribution < -0.4 is 10.6 Å². The number of nitrogens with zero attached hydrogens (tertiary/aromatic N) is 1. The lowest BCUT2D eigenvalue weighted by molar-refractivity contribution is 0.508. The number of hydrogen-bond acceptors (Lipinski definition) is 3. The van der Waals surface area contributed by atoms with Crippen LogP contribution in [0.2, 0.25) is 0 Å². The molecule has 1 fully saturated rings. The highest BCUT2D eigenvalue weighted by atomic mass is 32.2. The Hall–Kier alpha value is -0.970. The van der Waals surface area contributed by atoms with Crippen molar-refractivity contribution in [2.45, 2.75) is 18.6 Å². The summed E-state index contributed by atoms with van der Waals surface area (Å²) in [5.74, 6) is -0.770. The van der Waals surface area contributed by atoms with Crippen LogP contribution >= 0.6 is 11.8 Å². The lowest BCUT2D eigenvalue weighted by atomic mass is 10.1. The van der Waals surface area contributed by atoms with Crippen molar-refractivity contribution in [2.24, 2.45) is 0 Å². The Kier molecular flexibility index (Phi) is 3.21. The van der Waals surface area contributed by atoms with Gasteiger partial charge in [0.15, 0.2) is 11.6 Å². The number of halogens is 2. The summed E-state index contributed by atoms with van der Waals surface area (Å²) in [7, 11) is 0. The van der Waals surface area contributed by atoms with Gasteiger partial charge in [0.2, 0.25) is 0 Å². The van der Waals surface area contributed by atoms with E-state index in [2.05, 4.69) is 13.8 Å². The first-order valence-corrected chi connectivity index (χ1v) is 6.51. The second-order valence-electron chi connectivity index (χ2n) is 4.85. The zero-order valence-electron chi connectivity index (χ0n) is 9.96. The zero-order chi connectivity index (χ0) is 12.6. The van der Waals surface area contributed by atoms with E-state index in [1.807, 2.05) is 16.7 Å². The predicted octanol–water partition coefficient (Wildman–Crippen LogP) is 2.88. The molecule has 94 valence electrons. The number of anilines is 2. The number of hydrogen-bond donors (Lipinski definition) is 1. The van der Waals surface area contributed by atoms with Gasteiger partial charge in [0.05, 0.1) is 11.4 Å². The first kappa shape index (κ1) is 12.5. The number of rotatable bonds is 1. The molecule has 2 N–H and O–H groups in total. The van der Waals surface area contributed by atoms with E-state index >= 15 is 0 Å². The zero-order valence-corrected chi connectivity index (χ0v) is 10.8. The molecule has 1 aromatic rings. The first-order chi connectivity index (χ1) is 7.89. The van der Waals surface area contributed by atoms with Gasteiger partial charge < -0.3 is 10.6 Å². The third kappa shape index (κ3) is 2.65. The number of nitrogen functional groups attached to an aromatic ring is 1. The summed E-state index contributed by atoms with van der Waals surface area (Å²) in [6, 6.07) is 2.25. The molecule has 0 amide bonds. The van der Waals surface area contributed by atoms with Crippen molar-refractivity contribution in [1.82, 2.24) is 0 Å². The molecule has 0 aromatic heterocycles. The fourth-order valence-electron chi connectivity index (χ4n) is 2.05. The molecular weight excluding hydrogens is 242 g/mol. The van der Waals surface area contributed by atoms with Crippen molar-refractivity contribution < 1.29 is 8.78 Å². The molecule has 1 heterocycles. The maximum Gasteiger partial charge on any atom is 0.161 e. The van der Waals surface area contributed by atoms with Crippen molar-refractivity contribution in [1.29, 1.82) is 0 Å². The van der Waals surface area contributed by atoms with Gasteiger partial charge in [-0.25, -0.2) is 8.78 Å². The largest absolute Gasteiger partial charge is 0.397 e. The molecule has 5 heteroatoms. The molecule has 0 radical (unpaired) electrons. The molecule has 2 nitrogen and oxygen atoms in total. The van der Waals surface area contributed by atoms with Gasteiger partial charge in [0.25, 0.3) is 0 Å². The number of thioether (sulfide) groups is 1. The molecule has 0 bridgehead atoms. The quantitative estimate of drug-likeness (QED) is 0.785. The Balaban J connectivity index is 2.31. The first-order valence-electron chi connectivity index (χ1n) is 5.52. The van der Waals surface area contributed by atoms with E-state index in [-0.39, 0.29) is 4.75 Å². The Morgan fingerprint density at radius 3 is 2.59 bits per heavy atom. The van der Waals surface area contributed by atoms with Gasteiger partial charge in [-0.1, -0.05) is 0 Å². The Bertz CT molecular complexity index is 435. The van der Waals surface area contributed by atoms with Crippen LogP contribution in [-0.4, -0.2) is 23.6 Å². The van der Waals surface area contributed by atoms with E-state index in [0.717, 1.165) is 24.9 Å². The third-order valence-corrected chi connectivity index (χ3v) is 4.13. The maximum absolute atomic E-state index is 13.2. The van der Waals surface area contributed by atoms with Gasteiger partial charge in [0, 0.05) is 35.7 Å². The van der Waals surface area contributed by atoms with Crippen molar-refractivity contribution >= 4 is 23.1 Å². The van der Waals surface area contributed by atoms with Crippen LogP contribution in [0.3, 0.4) is 0 Å². The van der Waals surface area contributed by atoms with Crippen LogP contribution in [0.5, 0.6) is 0 Å². The molecule has 0 unspecified atom stereocenters. The van der Waals surface area contributed by atoms with E-state index in [0.29, 0.717) is 11.4 Å². The Morgan fingerprint density at radius 1 is 1.29 bits per heavy atom. The molecule has 2 rings (SSSR count). The van der Waals surface area contributed by atoms with Gasteiger partial charge in [-0.2, -0.15) is 11.8 Å². The average Bonchev–Trinajstić information content (AvgIpc) is 2.22.